The van der Waals surface area contributed by atoms with Gasteiger partial charge in [-0.1, -0.05) is 399 Å². The molecule has 0 spiro atoms. The summed E-state index contributed by atoms with van der Waals surface area (Å²) in [4.78, 5) is 24.7. The van der Waals surface area contributed by atoms with E-state index < -0.39 is 6.10 Å². The van der Waals surface area contributed by atoms with Crippen molar-refractivity contribution in [3.63, 3.8) is 0 Å². The second-order valence-corrected chi connectivity index (χ2v) is 26.4. The van der Waals surface area contributed by atoms with Crippen molar-refractivity contribution in [3.8, 4) is 0 Å². The van der Waals surface area contributed by atoms with Gasteiger partial charge >= 0.3 is 11.9 Å². The number of hydrogen-bond acceptors (Lipinski definition) is 5. The summed E-state index contributed by atoms with van der Waals surface area (Å²) in [5.74, 6) is -0.569. The Balaban J connectivity index is 3.39. The topological polar surface area (TPSA) is 72.8 Å². The molecule has 5 nitrogen and oxygen atoms in total. The average molecular weight is 1250 g/mol. The number of aliphatic hydroxyl groups excluding tert-OH is 1. The Hall–Kier alpha value is -3.44. The number of ether oxygens (including phenoxy) is 2. The lowest BCUT2D eigenvalue weighted by Crippen LogP contribution is -2.28. The number of rotatable bonds is 73. The van der Waals surface area contributed by atoms with Crippen LogP contribution in [0.1, 0.15) is 399 Å². The molecule has 520 valence electrons. The molecule has 0 amide bonds. The van der Waals surface area contributed by atoms with E-state index in [4.69, 9.17) is 9.47 Å². The van der Waals surface area contributed by atoms with E-state index in [-0.39, 0.29) is 25.2 Å². The minimum atomic E-state index is -0.774. The fourth-order valence-electron chi connectivity index (χ4n) is 11.8. The molecule has 1 unspecified atom stereocenters. The monoisotopic (exact) mass is 1250 g/mol. The summed E-state index contributed by atoms with van der Waals surface area (Å²) in [5.41, 5.74) is 0. The van der Waals surface area contributed by atoms with Gasteiger partial charge in [0.15, 0.2) is 6.10 Å². The summed E-state index contributed by atoms with van der Waals surface area (Å²) in [6.45, 7) is 3.96. The van der Waals surface area contributed by atoms with Gasteiger partial charge in [0, 0.05) is 12.8 Å². The molecule has 0 saturated carbocycles. The molecule has 90 heavy (non-hydrogen) atoms. The van der Waals surface area contributed by atoms with E-state index in [1.54, 1.807) is 0 Å². The molecular weight excluding hydrogens is 1100 g/mol. The van der Waals surface area contributed by atoms with Crippen molar-refractivity contribution in [1.82, 2.24) is 0 Å². The second-order valence-electron chi connectivity index (χ2n) is 26.4. The van der Waals surface area contributed by atoms with Crippen LogP contribution >= 0.6 is 0 Å². The van der Waals surface area contributed by atoms with Gasteiger partial charge in [-0.2, -0.15) is 0 Å². The largest absolute Gasteiger partial charge is 0.462 e. The van der Waals surface area contributed by atoms with Crippen molar-refractivity contribution in [1.29, 1.82) is 0 Å². The van der Waals surface area contributed by atoms with Gasteiger partial charge in [-0.25, -0.2) is 0 Å². The molecule has 0 fully saturated rings. The molecule has 0 aromatic heterocycles. The van der Waals surface area contributed by atoms with E-state index in [2.05, 4.69) is 123 Å². The van der Waals surface area contributed by atoms with Crippen LogP contribution in [0.5, 0.6) is 0 Å². The maximum absolute atomic E-state index is 12.4. The summed E-state index contributed by atoms with van der Waals surface area (Å²) in [6, 6.07) is 0. The summed E-state index contributed by atoms with van der Waals surface area (Å²) in [7, 11) is 0. The number of aliphatic hydroxyl groups is 1. The number of allylic oxidation sites excluding steroid dienone is 18. The highest BCUT2D eigenvalue weighted by atomic mass is 16.6. The standard InChI is InChI=1S/C85H150O5/c1-3-5-7-9-11-13-15-17-19-21-23-25-27-29-31-33-35-37-39-41-42-44-45-47-49-51-53-55-57-59-61-63-65-67-69-71-73-75-77-79-84(87)89-82-83(81-86)90-85(88)80-78-76-74-72-70-68-66-64-62-60-58-56-54-52-50-48-46-43-40-38-36-34-32-30-28-26-24-22-20-18-16-14-12-10-8-6-4-2/h5-8,11-14,17-20,23-26,30,32,83,86H,3-4,9-10,15-16,21-22,27-29,31,33-82H2,1-2H3/b7-5-,8-6-,13-11-,14-12-,19-17-,20-18-,25-23-,26-24-,32-30-. The second kappa shape index (κ2) is 79.8. The molecule has 0 aliphatic heterocycles. The molecule has 0 aliphatic carbocycles. The fourth-order valence-corrected chi connectivity index (χ4v) is 11.8. The molecule has 0 aliphatic rings. The predicted molar refractivity (Wildman–Crippen MR) is 399 cm³/mol. The number of esters is 2. The Morgan fingerprint density at radius 1 is 0.256 bits per heavy atom. The third-order valence-electron chi connectivity index (χ3n) is 17.6. The molecule has 0 aromatic rings. The Kier molecular flexibility index (Phi) is 76.7. The molecule has 0 radical (unpaired) electrons. The average Bonchev–Trinajstić information content (AvgIpc) is 3.62. The Bertz CT molecular complexity index is 1710. The zero-order valence-electron chi connectivity index (χ0n) is 59.9. The van der Waals surface area contributed by atoms with Gasteiger partial charge < -0.3 is 14.6 Å². The number of hydrogen-bond donors (Lipinski definition) is 1. The Labute approximate surface area is 561 Å². The summed E-state index contributed by atoms with van der Waals surface area (Å²) in [6.07, 6.45) is 116. The van der Waals surface area contributed by atoms with Crippen LogP contribution in [0, 0.1) is 0 Å². The van der Waals surface area contributed by atoms with E-state index in [0.717, 1.165) is 96.3 Å². The minimum Gasteiger partial charge on any atom is -0.462 e. The molecule has 5 heteroatoms. The van der Waals surface area contributed by atoms with Gasteiger partial charge in [0.25, 0.3) is 0 Å². The third-order valence-corrected chi connectivity index (χ3v) is 17.6. The van der Waals surface area contributed by atoms with Crippen LogP contribution in [-0.4, -0.2) is 36.4 Å². The Morgan fingerprint density at radius 3 is 0.667 bits per heavy atom. The number of carbonyl (C=O) groups excluding carboxylic acids is 2. The van der Waals surface area contributed by atoms with E-state index in [1.165, 1.54) is 276 Å². The molecule has 0 aromatic carbocycles. The highest BCUT2D eigenvalue weighted by Crippen LogP contribution is 2.19. The normalized spacial score (nSPS) is 12.8. The van der Waals surface area contributed by atoms with Crippen LogP contribution in [0.3, 0.4) is 0 Å². The zero-order valence-corrected chi connectivity index (χ0v) is 59.9. The van der Waals surface area contributed by atoms with E-state index in [9.17, 15) is 14.7 Å². The smallest absolute Gasteiger partial charge is 0.306 e. The van der Waals surface area contributed by atoms with Crippen molar-refractivity contribution in [3.05, 3.63) is 109 Å². The van der Waals surface area contributed by atoms with Crippen LogP contribution in [0.15, 0.2) is 109 Å². The first-order chi connectivity index (χ1) is 44.6. The molecule has 0 saturated heterocycles. The van der Waals surface area contributed by atoms with E-state index >= 15 is 0 Å². The minimum absolute atomic E-state index is 0.0624. The highest BCUT2D eigenvalue weighted by Gasteiger charge is 2.16. The van der Waals surface area contributed by atoms with Crippen LogP contribution in [0.25, 0.3) is 0 Å². The summed E-state index contributed by atoms with van der Waals surface area (Å²) < 4.78 is 10.8. The van der Waals surface area contributed by atoms with E-state index in [1.807, 2.05) is 0 Å². The maximum Gasteiger partial charge on any atom is 0.306 e. The van der Waals surface area contributed by atoms with Crippen LogP contribution in [-0.2, 0) is 19.1 Å². The van der Waals surface area contributed by atoms with Gasteiger partial charge in [-0.05, 0) is 96.3 Å². The van der Waals surface area contributed by atoms with Crippen molar-refractivity contribution in [2.24, 2.45) is 0 Å². The van der Waals surface area contributed by atoms with Crippen molar-refractivity contribution in [2.45, 2.75) is 405 Å². The van der Waals surface area contributed by atoms with Crippen LogP contribution in [0.2, 0.25) is 0 Å². The van der Waals surface area contributed by atoms with Gasteiger partial charge in [-0.15, -0.1) is 0 Å². The first-order valence-electron chi connectivity index (χ1n) is 39.4. The lowest BCUT2D eigenvalue weighted by Gasteiger charge is -2.15. The summed E-state index contributed by atoms with van der Waals surface area (Å²) in [5, 5.41) is 9.73. The first kappa shape index (κ1) is 86.6. The quantitative estimate of drug-likeness (QED) is 0.0373. The van der Waals surface area contributed by atoms with Crippen LogP contribution < -0.4 is 0 Å². The molecule has 1 atom stereocenters. The SMILES string of the molecule is CC/C=C\C/C=C\C/C=C\C/C=C\C/C=C\CCCCCCCCCCCCCCCCCCCCCCCC(=O)OC(CO)COC(=O)CCCCCCCCCCCCCCCCCCCCCCCCCCCC/C=C\C/C=C\C/C=C\C/C=C\CC. The lowest BCUT2D eigenvalue weighted by atomic mass is 10.0. The van der Waals surface area contributed by atoms with Crippen LogP contribution in [0.4, 0.5) is 0 Å². The number of unbranched alkanes of at least 4 members (excludes halogenated alkanes) is 47. The highest BCUT2D eigenvalue weighted by molar-refractivity contribution is 5.70. The van der Waals surface area contributed by atoms with Crippen molar-refractivity contribution < 1.29 is 24.2 Å². The Morgan fingerprint density at radius 2 is 0.444 bits per heavy atom. The molecule has 1 N–H and O–H groups in total. The van der Waals surface area contributed by atoms with Gasteiger partial charge in [-0.3, -0.25) is 9.59 Å². The first-order valence-corrected chi connectivity index (χ1v) is 39.4. The van der Waals surface area contributed by atoms with Gasteiger partial charge in [0.1, 0.15) is 6.61 Å². The zero-order chi connectivity index (χ0) is 64.7. The summed E-state index contributed by atoms with van der Waals surface area (Å²) >= 11 is 0. The van der Waals surface area contributed by atoms with Gasteiger partial charge in [0.2, 0.25) is 0 Å². The van der Waals surface area contributed by atoms with Crippen molar-refractivity contribution >= 4 is 11.9 Å². The van der Waals surface area contributed by atoms with Gasteiger partial charge in [0.05, 0.1) is 6.61 Å². The number of carbonyl (C=O) groups is 2. The fraction of sp³-hybridized carbons (Fsp3) is 0.765. The van der Waals surface area contributed by atoms with E-state index in [0.29, 0.717) is 12.8 Å². The predicted octanol–water partition coefficient (Wildman–Crippen LogP) is 27.9. The molecule has 0 rings (SSSR count). The third kappa shape index (κ3) is 77.0. The van der Waals surface area contributed by atoms with Crippen molar-refractivity contribution in [2.75, 3.05) is 13.2 Å². The molecule has 0 heterocycles. The molecular formula is C85H150O5. The maximum atomic E-state index is 12.4. The molecule has 0 bridgehead atoms. The lowest BCUT2D eigenvalue weighted by molar-refractivity contribution is -0.161.